The van der Waals surface area contributed by atoms with Gasteiger partial charge in [-0.2, -0.15) is 15.4 Å². The SMILES string of the molecule is Cc1cccc(S(C)(=O)=O)c1.O=C(c1cn[nH]n1)N1C[C@@H]2[C@H](C1)[C@@H]1CC[C@H]2N1. The first kappa shape index (κ1) is 19.1. The number of carbonyl (C=O) groups is 1. The molecule has 0 saturated carbocycles. The van der Waals surface area contributed by atoms with E-state index in [1.54, 1.807) is 18.2 Å². The van der Waals surface area contributed by atoms with E-state index < -0.39 is 9.84 Å². The summed E-state index contributed by atoms with van der Waals surface area (Å²) in [4.78, 5) is 14.5. The molecule has 2 bridgehead atoms. The summed E-state index contributed by atoms with van der Waals surface area (Å²) in [7, 11) is -3.03. The molecule has 1 amide bonds. The Morgan fingerprint density at radius 1 is 1.18 bits per heavy atom. The molecule has 0 aliphatic carbocycles. The maximum absolute atomic E-state index is 12.2. The van der Waals surface area contributed by atoms with Crippen molar-refractivity contribution in [2.45, 2.75) is 36.7 Å². The van der Waals surface area contributed by atoms with Gasteiger partial charge in [-0.1, -0.05) is 12.1 Å². The molecule has 0 unspecified atom stereocenters. The Bertz CT molecular complexity index is 942. The van der Waals surface area contributed by atoms with Gasteiger partial charge in [-0.25, -0.2) is 8.42 Å². The molecule has 2 N–H and O–H groups in total. The highest BCUT2D eigenvalue weighted by molar-refractivity contribution is 7.90. The van der Waals surface area contributed by atoms with Crippen LogP contribution < -0.4 is 5.32 Å². The molecule has 1 aromatic carbocycles. The fraction of sp³-hybridized carbons (Fsp3) is 0.526. The van der Waals surface area contributed by atoms with Crippen LogP contribution in [0.4, 0.5) is 0 Å². The molecular formula is C19H25N5O3S. The van der Waals surface area contributed by atoms with Gasteiger partial charge in [-0.3, -0.25) is 4.79 Å². The van der Waals surface area contributed by atoms with Crippen molar-refractivity contribution in [3.63, 3.8) is 0 Å². The summed E-state index contributed by atoms with van der Waals surface area (Å²) in [5.41, 5.74) is 1.40. The molecule has 28 heavy (non-hydrogen) atoms. The molecule has 150 valence electrons. The fourth-order valence-electron chi connectivity index (χ4n) is 4.66. The number of nitrogens with zero attached hydrogens (tertiary/aromatic N) is 3. The lowest BCUT2D eigenvalue weighted by Crippen LogP contribution is -2.35. The van der Waals surface area contributed by atoms with Crippen molar-refractivity contribution in [1.82, 2.24) is 25.6 Å². The van der Waals surface area contributed by atoms with Crippen LogP contribution in [0.2, 0.25) is 0 Å². The average molecular weight is 404 g/mol. The number of aryl methyl sites for hydroxylation is 1. The van der Waals surface area contributed by atoms with Crippen LogP contribution in [0, 0.1) is 18.8 Å². The van der Waals surface area contributed by atoms with Crippen LogP contribution >= 0.6 is 0 Å². The number of likely N-dealkylation sites (tertiary alicyclic amines) is 1. The van der Waals surface area contributed by atoms with E-state index in [-0.39, 0.29) is 5.91 Å². The number of nitrogens with one attached hydrogen (secondary N) is 2. The van der Waals surface area contributed by atoms with E-state index in [0.717, 1.165) is 18.7 Å². The second-order valence-corrected chi connectivity index (χ2v) is 9.95. The molecule has 2 aromatic rings. The maximum Gasteiger partial charge on any atom is 0.276 e. The van der Waals surface area contributed by atoms with Gasteiger partial charge in [0.25, 0.3) is 5.91 Å². The summed E-state index contributed by atoms with van der Waals surface area (Å²) >= 11 is 0. The van der Waals surface area contributed by atoms with Crippen molar-refractivity contribution in [3.8, 4) is 0 Å². The Labute approximate surface area is 164 Å². The third-order valence-corrected chi connectivity index (χ3v) is 7.11. The minimum atomic E-state index is -3.03. The smallest absolute Gasteiger partial charge is 0.276 e. The first-order valence-electron chi connectivity index (χ1n) is 9.51. The van der Waals surface area contributed by atoms with Gasteiger partial charge in [0, 0.05) is 31.4 Å². The zero-order valence-corrected chi connectivity index (χ0v) is 16.8. The highest BCUT2D eigenvalue weighted by Gasteiger charge is 2.52. The topological polar surface area (TPSA) is 108 Å². The van der Waals surface area contributed by atoms with Crippen LogP contribution in [0.3, 0.4) is 0 Å². The Hall–Kier alpha value is -2.26. The summed E-state index contributed by atoms with van der Waals surface area (Å²) in [6, 6.07) is 8.15. The summed E-state index contributed by atoms with van der Waals surface area (Å²) in [6.45, 7) is 3.63. The van der Waals surface area contributed by atoms with Crippen molar-refractivity contribution in [1.29, 1.82) is 0 Å². The van der Waals surface area contributed by atoms with E-state index in [1.807, 2.05) is 17.9 Å². The first-order chi connectivity index (χ1) is 13.3. The molecular weight excluding hydrogens is 378 g/mol. The number of rotatable bonds is 2. The molecule has 4 heterocycles. The van der Waals surface area contributed by atoms with Crippen LogP contribution in [0.25, 0.3) is 0 Å². The highest BCUT2D eigenvalue weighted by atomic mass is 32.2. The normalized spacial score (nSPS) is 28.0. The Morgan fingerprint density at radius 2 is 1.86 bits per heavy atom. The van der Waals surface area contributed by atoms with Crippen molar-refractivity contribution in [3.05, 3.63) is 41.7 Å². The highest BCUT2D eigenvalue weighted by Crippen LogP contribution is 2.43. The van der Waals surface area contributed by atoms with Crippen molar-refractivity contribution in [2.24, 2.45) is 11.8 Å². The molecule has 3 fully saturated rings. The van der Waals surface area contributed by atoms with E-state index in [1.165, 1.54) is 25.3 Å². The van der Waals surface area contributed by atoms with E-state index in [2.05, 4.69) is 20.7 Å². The average Bonchev–Trinajstić information content (AvgIpc) is 3.43. The van der Waals surface area contributed by atoms with Gasteiger partial charge in [-0.15, -0.1) is 0 Å². The standard InChI is InChI=1S/C11H15N5O.C8H10O2S/c17-11(10-3-12-15-14-10)16-4-6-7(5-16)9-2-1-8(6)13-9;1-7-4-3-5-8(6-7)11(2,9)10/h3,6-9,13H,1-2,4-5H2,(H,12,14,15);3-6H,1-2H3/t6-,7+,8-,9+;. The number of sulfone groups is 1. The van der Waals surface area contributed by atoms with Crippen LogP contribution in [0.1, 0.15) is 28.9 Å². The van der Waals surface area contributed by atoms with Gasteiger partial charge in [-0.05, 0) is 49.3 Å². The molecule has 3 aliphatic heterocycles. The molecule has 3 saturated heterocycles. The second-order valence-electron chi connectivity index (χ2n) is 7.94. The van der Waals surface area contributed by atoms with E-state index in [4.69, 9.17) is 0 Å². The number of aromatic amines is 1. The molecule has 0 spiro atoms. The molecule has 1 aromatic heterocycles. The van der Waals surface area contributed by atoms with Gasteiger partial charge in [0.1, 0.15) is 0 Å². The molecule has 5 rings (SSSR count). The summed E-state index contributed by atoms with van der Waals surface area (Å²) in [6.07, 6.45) is 5.26. The summed E-state index contributed by atoms with van der Waals surface area (Å²) in [5.74, 6) is 1.33. The quantitative estimate of drug-likeness (QED) is 0.775. The monoisotopic (exact) mass is 403 g/mol. The number of H-pyrrole nitrogens is 1. The number of hydrogen-bond donors (Lipinski definition) is 2. The van der Waals surface area contributed by atoms with Gasteiger partial charge < -0.3 is 10.2 Å². The minimum absolute atomic E-state index is 0.0209. The predicted octanol–water partition coefficient (Wildman–Crippen LogP) is 1.03. The van der Waals surface area contributed by atoms with Crippen LogP contribution in [-0.2, 0) is 9.84 Å². The molecule has 9 heteroatoms. The van der Waals surface area contributed by atoms with Crippen LogP contribution in [0.5, 0.6) is 0 Å². The summed E-state index contributed by atoms with van der Waals surface area (Å²) in [5, 5.41) is 13.7. The maximum atomic E-state index is 12.2. The lowest BCUT2D eigenvalue weighted by Gasteiger charge is -2.19. The fourth-order valence-corrected chi connectivity index (χ4v) is 5.39. The third-order valence-electron chi connectivity index (χ3n) is 6.00. The lowest BCUT2D eigenvalue weighted by atomic mass is 9.82. The Balaban J connectivity index is 0.000000153. The lowest BCUT2D eigenvalue weighted by molar-refractivity contribution is 0.0773. The zero-order chi connectivity index (χ0) is 19.9. The minimum Gasteiger partial charge on any atom is -0.337 e. The number of amides is 1. The van der Waals surface area contributed by atoms with Gasteiger partial charge in [0.2, 0.25) is 0 Å². The van der Waals surface area contributed by atoms with Gasteiger partial charge >= 0.3 is 0 Å². The molecule has 4 atom stereocenters. The van der Waals surface area contributed by atoms with E-state index in [9.17, 15) is 13.2 Å². The number of fused-ring (bicyclic) bond motifs is 5. The summed E-state index contributed by atoms with van der Waals surface area (Å²) < 4.78 is 22.0. The third kappa shape index (κ3) is 3.68. The number of hydrogen-bond acceptors (Lipinski definition) is 6. The van der Waals surface area contributed by atoms with Crippen molar-refractivity contribution in [2.75, 3.05) is 19.3 Å². The van der Waals surface area contributed by atoms with E-state index in [0.29, 0.717) is 34.5 Å². The predicted molar refractivity (Wildman–Crippen MR) is 104 cm³/mol. The van der Waals surface area contributed by atoms with E-state index >= 15 is 0 Å². The van der Waals surface area contributed by atoms with Crippen molar-refractivity contribution < 1.29 is 13.2 Å². The largest absolute Gasteiger partial charge is 0.337 e. The first-order valence-corrected chi connectivity index (χ1v) is 11.4. The second kappa shape index (κ2) is 7.29. The van der Waals surface area contributed by atoms with Crippen LogP contribution in [-0.4, -0.2) is 66.1 Å². The number of benzene rings is 1. The van der Waals surface area contributed by atoms with Gasteiger partial charge in [0.05, 0.1) is 11.1 Å². The molecule has 8 nitrogen and oxygen atoms in total. The molecule has 3 aliphatic rings. The van der Waals surface area contributed by atoms with Gasteiger partial charge in [0.15, 0.2) is 15.5 Å². The number of aromatic nitrogens is 3. The van der Waals surface area contributed by atoms with Crippen LogP contribution in [0.15, 0.2) is 35.4 Å². The zero-order valence-electron chi connectivity index (χ0n) is 16.0. The van der Waals surface area contributed by atoms with Crippen molar-refractivity contribution >= 4 is 15.7 Å². The Kier molecular flexibility index (Phi) is 4.96. The number of carbonyl (C=O) groups excluding carboxylic acids is 1. The Morgan fingerprint density at radius 3 is 2.36 bits per heavy atom. The molecule has 0 radical (unpaired) electrons.